The van der Waals surface area contributed by atoms with Gasteiger partial charge < -0.3 is 15.4 Å². The smallest absolute Gasteiger partial charge is 0.330 e. The topological polar surface area (TPSA) is 67.4 Å². The van der Waals surface area contributed by atoms with E-state index in [9.17, 15) is 9.59 Å². The van der Waals surface area contributed by atoms with Crippen molar-refractivity contribution in [2.24, 2.45) is 0 Å². The maximum Gasteiger partial charge on any atom is 0.330 e. The lowest BCUT2D eigenvalue weighted by molar-refractivity contribution is -0.144. The van der Waals surface area contributed by atoms with Crippen LogP contribution in [0, 0.1) is 0 Å². The number of esters is 1. The van der Waals surface area contributed by atoms with E-state index in [1.807, 2.05) is 24.3 Å². The molecule has 5 heteroatoms. The van der Waals surface area contributed by atoms with E-state index in [0.717, 1.165) is 17.7 Å². The molecular formula is C14H20N2O3. The quantitative estimate of drug-likeness (QED) is 0.761. The highest BCUT2D eigenvalue weighted by molar-refractivity contribution is 5.83. The summed E-state index contributed by atoms with van der Waals surface area (Å²) in [5.74, 6) is -0.724. The fraction of sp³-hybridized carbons (Fsp3) is 0.429. The minimum atomic E-state index is -0.688. The van der Waals surface area contributed by atoms with Gasteiger partial charge in [-0.1, -0.05) is 25.1 Å². The number of aryl methyl sites for hydroxylation is 1. The zero-order chi connectivity index (χ0) is 14.3. The third-order valence-corrected chi connectivity index (χ3v) is 2.76. The predicted octanol–water partition coefficient (Wildman–Crippen LogP) is 1.34. The van der Waals surface area contributed by atoms with Gasteiger partial charge in [-0.2, -0.15) is 0 Å². The van der Waals surface area contributed by atoms with E-state index < -0.39 is 12.0 Å². The van der Waals surface area contributed by atoms with E-state index in [4.69, 9.17) is 0 Å². The van der Waals surface area contributed by atoms with Gasteiger partial charge in [0.05, 0.1) is 7.11 Å². The van der Waals surface area contributed by atoms with Crippen LogP contribution in [-0.4, -0.2) is 31.6 Å². The Morgan fingerprint density at radius 2 is 2.00 bits per heavy atom. The average Bonchev–Trinajstić information content (AvgIpc) is 2.42. The summed E-state index contributed by atoms with van der Waals surface area (Å²) in [6.07, 6.45) is 0.895. The van der Waals surface area contributed by atoms with Crippen LogP contribution in [0.4, 0.5) is 5.69 Å². The molecule has 1 aromatic carbocycles. The molecule has 0 heterocycles. The molecule has 5 nitrogen and oxygen atoms in total. The van der Waals surface area contributed by atoms with E-state index in [2.05, 4.69) is 22.3 Å². The minimum Gasteiger partial charge on any atom is -0.467 e. The molecule has 0 saturated heterocycles. The number of ether oxygens (including phenoxy) is 1. The van der Waals surface area contributed by atoms with Crippen LogP contribution in [0.1, 0.15) is 19.4 Å². The van der Waals surface area contributed by atoms with Gasteiger partial charge in [0.2, 0.25) is 5.91 Å². The third kappa shape index (κ3) is 4.62. The highest BCUT2D eigenvalue weighted by Crippen LogP contribution is 2.15. The number of nitrogens with one attached hydrogen (secondary N) is 2. The lowest BCUT2D eigenvalue weighted by Crippen LogP contribution is -2.45. The van der Waals surface area contributed by atoms with Crippen LogP contribution in [0.3, 0.4) is 0 Å². The van der Waals surface area contributed by atoms with Gasteiger partial charge in [0, 0.05) is 19.2 Å². The van der Waals surface area contributed by atoms with Crippen molar-refractivity contribution in [3.63, 3.8) is 0 Å². The standard InChI is InChI=1S/C14H20N2O3/c1-4-11-7-5-6-8-12(11)15-9-13(14(18)19-3)16-10(2)17/h5-8,13,15H,4,9H2,1-3H3,(H,16,17). The number of rotatable bonds is 6. The Kier molecular flexibility index (Phi) is 5.85. The van der Waals surface area contributed by atoms with Crippen molar-refractivity contribution in [1.82, 2.24) is 5.32 Å². The Bertz CT molecular complexity index is 446. The molecule has 2 N–H and O–H groups in total. The number of carbonyl (C=O) groups is 2. The number of para-hydroxylation sites is 1. The molecule has 0 spiro atoms. The van der Waals surface area contributed by atoms with E-state index in [0.29, 0.717) is 6.54 Å². The number of carbonyl (C=O) groups excluding carboxylic acids is 2. The summed E-state index contributed by atoms with van der Waals surface area (Å²) in [6, 6.07) is 7.17. The zero-order valence-corrected chi connectivity index (χ0v) is 11.5. The normalized spacial score (nSPS) is 11.5. The van der Waals surface area contributed by atoms with E-state index in [1.54, 1.807) is 0 Å². The molecule has 0 saturated carbocycles. The highest BCUT2D eigenvalue weighted by atomic mass is 16.5. The molecule has 104 valence electrons. The fourth-order valence-electron chi connectivity index (χ4n) is 1.79. The van der Waals surface area contributed by atoms with Gasteiger partial charge in [-0.3, -0.25) is 4.79 Å². The van der Waals surface area contributed by atoms with Gasteiger partial charge in [0.1, 0.15) is 6.04 Å². The molecule has 1 amide bonds. The molecule has 0 fully saturated rings. The molecule has 0 radical (unpaired) electrons. The fourth-order valence-corrected chi connectivity index (χ4v) is 1.79. The van der Waals surface area contributed by atoms with Crippen LogP contribution in [0.5, 0.6) is 0 Å². The van der Waals surface area contributed by atoms with Crippen LogP contribution in [-0.2, 0) is 20.7 Å². The molecule has 1 atom stereocenters. The Hall–Kier alpha value is -2.04. The Morgan fingerprint density at radius 3 is 2.58 bits per heavy atom. The minimum absolute atomic E-state index is 0.263. The summed E-state index contributed by atoms with van der Waals surface area (Å²) in [5, 5.41) is 5.73. The maximum atomic E-state index is 11.5. The molecule has 0 bridgehead atoms. The van der Waals surface area contributed by atoms with E-state index in [1.165, 1.54) is 14.0 Å². The summed E-state index contributed by atoms with van der Waals surface area (Å²) >= 11 is 0. The van der Waals surface area contributed by atoms with Crippen LogP contribution < -0.4 is 10.6 Å². The summed E-state index contributed by atoms with van der Waals surface area (Å²) in [4.78, 5) is 22.6. The van der Waals surface area contributed by atoms with Crippen LogP contribution in [0.2, 0.25) is 0 Å². The first-order valence-electron chi connectivity index (χ1n) is 6.25. The first-order valence-corrected chi connectivity index (χ1v) is 6.25. The Balaban J connectivity index is 2.70. The number of methoxy groups -OCH3 is 1. The molecule has 0 aliphatic carbocycles. The van der Waals surface area contributed by atoms with Crippen LogP contribution in [0.15, 0.2) is 24.3 Å². The van der Waals surface area contributed by atoms with Gasteiger partial charge in [-0.15, -0.1) is 0 Å². The lowest BCUT2D eigenvalue weighted by Gasteiger charge is -2.18. The first-order chi connectivity index (χ1) is 9.08. The number of hydrogen-bond acceptors (Lipinski definition) is 4. The van der Waals surface area contributed by atoms with Gasteiger partial charge in [-0.05, 0) is 18.1 Å². The second kappa shape index (κ2) is 7.41. The largest absolute Gasteiger partial charge is 0.467 e. The second-order valence-electron chi connectivity index (χ2n) is 4.17. The number of amides is 1. The molecule has 0 aliphatic heterocycles. The molecule has 1 aromatic rings. The summed E-state index contributed by atoms with van der Waals surface area (Å²) in [6.45, 7) is 3.73. The van der Waals surface area contributed by atoms with Gasteiger partial charge in [0.15, 0.2) is 0 Å². The molecule has 1 rings (SSSR count). The Morgan fingerprint density at radius 1 is 1.32 bits per heavy atom. The molecule has 0 aromatic heterocycles. The van der Waals surface area contributed by atoms with Crippen molar-refractivity contribution < 1.29 is 14.3 Å². The van der Waals surface area contributed by atoms with Crippen molar-refractivity contribution in [3.05, 3.63) is 29.8 Å². The average molecular weight is 264 g/mol. The van der Waals surface area contributed by atoms with Crippen LogP contribution >= 0.6 is 0 Å². The number of hydrogen-bond donors (Lipinski definition) is 2. The molecule has 19 heavy (non-hydrogen) atoms. The number of benzene rings is 1. The SMILES string of the molecule is CCc1ccccc1NCC(NC(C)=O)C(=O)OC. The van der Waals surface area contributed by atoms with Crippen molar-refractivity contribution in [3.8, 4) is 0 Å². The van der Waals surface area contributed by atoms with Crippen LogP contribution in [0.25, 0.3) is 0 Å². The lowest BCUT2D eigenvalue weighted by atomic mass is 10.1. The number of anilines is 1. The van der Waals surface area contributed by atoms with E-state index in [-0.39, 0.29) is 5.91 Å². The van der Waals surface area contributed by atoms with Crippen molar-refractivity contribution in [1.29, 1.82) is 0 Å². The molecule has 0 aliphatic rings. The molecular weight excluding hydrogens is 244 g/mol. The van der Waals surface area contributed by atoms with Gasteiger partial charge in [-0.25, -0.2) is 4.79 Å². The van der Waals surface area contributed by atoms with Crippen molar-refractivity contribution >= 4 is 17.6 Å². The third-order valence-electron chi connectivity index (χ3n) is 2.76. The predicted molar refractivity (Wildman–Crippen MR) is 73.9 cm³/mol. The summed E-state index contributed by atoms with van der Waals surface area (Å²) < 4.78 is 4.66. The first kappa shape index (κ1) is 15.0. The van der Waals surface area contributed by atoms with E-state index >= 15 is 0 Å². The Labute approximate surface area is 113 Å². The van der Waals surface area contributed by atoms with Gasteiger partial charge >= 0.3 is 5.97 Å². The summed E-state index contributed by atoms with van der Waals surface area (Å²) in [5.41, 5.74) is 2.12. The van der Waals surface area contributed by atoms with Crippen molar-refractivity contribution in [2.75, 3.05) is 19.0 Å². The zero-order valence-electron chi connectivity index (χ0n) is 11.5. The maximum absolute atomic E-state index is 11.5. The van der Waals surface area contributed by atoms with Gasteiger partial charge in [0.25, 0.3) is 0 Å². The second-order valence-corrected chi connectivity index (χ2v) is 4.17. The highest BCUT2D eigenvalue weighted by Gasteiger charge is 2.19. The molecule has 1 unspecified atom stereocenters. The monoisotopic (exact) mass is 264 g/mol. The summed E-state index contributed by atoms with van der Waals surface area (Å²) in [7, 11) is 1.30. The van der Waals surface area contributed by atoms with Crippen molar-refractivity contribution in [2.45, 2.75) is 26.3 Å².